The van der Waals surface area contributed by atoms with Gasteiger partial charge in [0, 0.05) is 12.0 Å². The molecule has 0 spiro atoms. The van der Waals surface area contributed by atoms with Crippen LogP contribution in [-0.2, 0) is 16.0 Å². The van der Waals surface area contributed by atoms with Crippen LogP contribution in [0.2, 0.25) is 0 Å². The van der Waals surface area contributed by atoms with Gasteiger partial charge in [-0.15, -0.1) is 0 Å². The van der Waals surface area contributed by atoms with Gasteiger partial charge in [-0.05, 0) is 64.7 Å². The molecule has 1 aromatic rings. The fourth-order valence-electron chi connectivity index (χ4n) is 2.73. The Labute approximate surface area is 126 Å². The molecule has 0 unspecified atom stereocenters. The lowest BCUT2D eigenvalue weighted by atomic mass is 9.87. The lowest BCUT2D eigenvalue weighted by Crippen LogP contribution is -2.46. The van der Waals surface area contributed by atoms with E-state index in [9.17, 15) is 9.90 Å². The third kappa shape index (κ3) is 2.59. The van der Waals surface area contributed by atoms with Crippen molar-refractivity contribution in [3.63, 3.8) is 0 Å². The highest BCUT2D eigenvalue weighted by Gasteiger charge is 2.42. The highest BCUT2D eigenvalue weighted by atomic mass is 16.6. The number of rotatable bonds is 2. The maximum absolute atomic E-state index is 12.3. The Morgan fingerprint density at radius 2 is 1.86 bits per heavy atom. The Balaban J connectivity index is 2.43. The number of carbonyl (C=O) groups is 1. The molecule has 4 heteroatoms. The number of phenols is 1. The van der Waals surface area contributed by atoms with Gasteiger partial charge in [0.05, 0.1) is 6.10 Å². The van der Waals surface area contributed by atoms with E-state index in [1.807, 2.05) is 34.6 Å². The van der Waals surface area contributed by atoms with Crippen LogP contribution in [-0.4, -0.2) is 22.8 Å². The fourth-order valence-corrected chi connectivity index (χ4v) is 2.73. The van der Waals surface area contributed by atoms with Crippen molar-refractivity contribution in [2.24, 2.45) is 0 Å². The summed E-state index contributed by atoms with van der Waals surface area (Å²) in [4.78, 5) is 12.3. The molecule has 1 N–H and O–H groups in total. The zero-order valence-corrected chi connectivity index (χ0v) is 13.7. The van der Waals surface area contributed by atoms with E-state index in [4.69, 9.17) is 9.47 Å². The lowest BCUT2D eigenvalue weighted by molar-refractivity contribution is -0.166. The molecule has 0 bridgehead atoms. The SMILES string of the molecule is Cc1c(C)c2c(c(C)c1O)CC[C@](C)(C(=O)OC(C)C)O2. The molecule has 0 amide bonds. The summed E-state index contributed by atoms with van der Waals surface area (Å²) >= 11 is 0. The van der Waals surface area contributed by atoms with Crippen molar-refractivity contribution in [2.75, 3.05) is 0 Å². The van der Waals surface area contributed by atoms with E-state index in [1.165, 1.54) is 0 Å². The molecule has 1 aliphatic heterocycles. The first-order chi connectivity index (χ1) is 9.67. The van der Waals surface area contributed by atoms with Crippen molar-refractivity contribution in [2.45, 2.75) is 66.1 Å². The van der Waals surface area contributed by atoms with Gasteiger partial charge in [0.15, 0.2) is 0 Å². The minimum Gasteiger partial charge on any atom is -0.507 e. The van der Waals surface area contributed by atoms with Crippen LogP contribution in [0.4, 0.5) is 0 Å². The van der Waals surface area contributed by atoms with Crippen LogP contribution >= 0.6 is 0 Å². The van der Waals surface area contributed by atoms with Crippen LogP contribution in [0.25, 0.3) is 0 Å². The molecule has 0 fully saturated rings. The molecule has 116 valence electrons. The first-order valence-corrected chi connectivity index (χ1v) is 7.39. The lowest BCUT2D eigenvalue weighted by Gasteiger charge is -2.36. The van der Waals surface area contributed by atoms with Gasteiger partial charge in [0.2, 0.25) is 5.60 Å². The zero-order chi connectivity index (χ0) is 15.9. The van der Waals surface area contributed by atoms with Crippen molar-refractivity contribution in [1.29, 1.82) is 0 Å². The third-order valence-corrected chi connectivity index (χ3v) is 4.29. The van der Waals surface area contributed by atoms with Gasteiger partial charge in [0.1, 0.15) is 11.5 Å². The number of fused-ring (bicyclic) bond motifs is 1. The molecule has 0 saturated heterocycles. The van der Waals surface area contributed by atoms with Crippen LogP contribution in [0.1, 0.15) is 49.4 Å². The average Bonchev–Trinajstić information content (AvgIpc) is 2.42. The summed E-state index contributed by atoms with van der Waals surface area (Å²) in [5, 5.41) is 10.2. The predicted molar refractivity (Wildman–Crippen MR) is 80.9 cm³/mol. The van der Waals surface area contributed by atoms with Crippen molar-refractivity contribution < 1.29 is 19.4 Å². The molecule has 1 heterocycles. The number of ether oxygens (including phenoxy) is 2. The van der Waals surface area contributed by atoms with Crippen molar-refractivity contribution in [1.82, 2.24) is 0 Å². The fraction of sp³-hybridized carbons (Fsp3) is 0.588. The molecule has 0 aromatic heterocycles. The van der Waals surface area contributed by atoms with E-state index < -0.39 is 5.60 Å². The van der Waals surface area contributed by atoms with Gasteiger partial charge in [-0.25, -0.2) is 4.79 Å². The maximum Gasteiger partial charge on any atom is 0.350 e. The van der Waals surface area contributed by atoms with Crippen LogP contribution < -0.4 is 4.74 Å². The first-order valence-electron chi connectivity index (χ1n) is 7.39. The molecular formula is C17H24O4. The second-order valence-electron chi connectivity index (χ2n) is 6.32. The quantitative estimate of drug-likeness (QED) is 0.849. The van der Waals surface area contributed by atoms with Crippen LogP contribution in [0.5, 0.6) is 11.5 Å². The smallest absolute Gasteiger partial charge is 0.350 e. The molecule has 21 heavy (non-hydrogen) atoms. The number of aromatic hydroxyl groups is 1. The highest BCUT2D eigenvalue weighted by Crippen LogP contribution is 2.43. The minimum absolute atomic E-state index is 0.163. The maximum atomic E-state index is 12.3. The van der Waals surface area contributed by atoms with Crippen molar-refractivity contribution >= 4 is 5.97 Å². The Bertz CT molecular complexity index is 589. The topological polar surface area (TPSA) is 55.8 Å². The second kappa shape index (κ2) is 5.24. The highest BCUT2D eigenvalue weighted by molar-refractivity contribution is 5.80. The van der Waals surface area contributed by atoms with Gasteiger partial charge >= 0.3 is 5.97 Å². The van der Waals surface area contributed by atoms with Crippen LogP contribution in [0, 0.1) is 20.8 Å². The van der Waals surface area contributed by atoms with E-state index in [0.717, 1.165) is 28.0 Å². The monoisotopic (exact) mass is 292 g/mol. The molecule has 1 aromatic carbocycles. The predicted octanol–water partition coefficient (Wildman–Crippen LogP) is 3.35. The number of esters is 1. The summed E-state index contributed by atoms with van der Waals surface area (Å²) in [5.41, 5.74) is 2.56. The Kier molecular flexibility index (Phi) is 3.91. The van der Waals surface area contributed by atoms with Gasteiger partial charge in [-0.3, -0.25) is 0 Å². The average molecular weight is 292 g/mol. The number of carbonyl (C=O) groups excluding carboxylic acids is 1. The Morgan fingerprint density at radius 3 is 2.43 bits per heavy atom. The van der Waals surface area contributed by atoms with Crippen LogP contribution in [0.3, 0.4) is 0 Å². The van der Waals surface area contributed by atoms with E-state index in [-0.39, 0.29) is 12.1 Å². The second-order valence-corrected chi connectivity index (χ2v) is 6.32. The molecule has 2 rings (SSSR count). The van der Waals surface area contributed by atoms with Gasteiger partial charge in [0.25, 0.3) is 0 Å². The minimum atomic E-state index is -0.960. The molecule has 4 nitrogen and oxygen atoms in total. The van der Waals surface area contributed by atoms with Crippen molar-refractivity contribution in [3.05, 3.63) is 22.3 Å². The molecular weight excluding hydrogens is 268 g/mol. The number of hydrogen-bond acceptors (Lipinski definition) is 4. The summed E-state index contributed by atoms with van der Waals surface area (Å²) < 4.78 is 11.4. The summed E-state index contributed by atoms with van der Waals surface area (Å²) in [6.45, 7) is 11.1. The third-order valence-electron chi connectivity index (χ3n) is 4.29. The summed E-state index contributed by atoms with van der Waals surface area (Å²) in [6.07, 6.45) is 1.08. The summed E-state index contributed by atoms with van der Waals surface area (Å²) in [5.74, 6) is 0.714. The van der Waals surface area contributed by atoms with Gasteiger partial charge in [-0.2, -0.15) is 0 Å². The van der Waals surface area contributed by atoms with Gasteiger partial charge in [-0.1, -0.05) is 0 Å². The van der Waals surface area contributed by atoms with E-state index in [1.54, 1.807) is 6.92 Å². The molecule has 0 radical (unpaired) electrons. The van der Waals surface area contributed by atoms with Crippen LogP contribution in [0.15, 0.2) is 0 Å². The standard InChI is InChI=1S/C17H24O4/c1-9(2)20-16(19)17(6)8-7-13-12(5)14(18)10(3)11(4)15(13)21-17/h9,18H,7-8H2,1-6H3/t17-/m1/s1. The largest absolute Gasteiger partial charge is 0.507 e. The van der Waals surface area contributed by atoms with Gasteiger partial charge < -0.3 is 14.6 Å². The van der Waals surface area contributed by atoms with E-state index in [0.29, 0.717) is 18.6 Å². The number of benzene rings is 1. The molecule has 0 aliphatic carbocycles. The number of phenolic OH excluding ortho intramolecular Hbond substituents is 1. The van der Waals surface area contributed by atoms with Crippen molar-refractivity contribution in [3.8, 4) is 11.5 Å². The normalized spacial score (nSPS) is 20.9. The van der Waals surface area contributed by atoms with E-state index >= 15 is 0 Å². The number of hydrogen-bond donors (Lipinski definition) is 1. The molecule has 1 atom stereocenters. The summed E-state index contributed by atoms with van der Waals surface area (Å²) in [7, 11) is 0. The molecule has 0 saturated carbocycles. The first kappa shape index (κ1) is 15.7. The Morgan fingerprint density at radius 1 is 1.24 bits per heavy atom. The zero-order valence-electron chi connectivity index (χ0n) is 13.7. The van der Waals surface area contributed by atoms with E-state index in [2.05, 4.69) is 0 Å². The summed E-state index contributed by atoms with van der Waals surface area (Å²) in [6, 6.07) is 0. The molecule has 1 aliphatic rings. The Hall–Kier alpha value is -1.71.